The molecular weight excluding hydrogens is 570 g/mol. The monoisotopic (exact) mass is 597 g/mol. The number of hydrogen-bond acceptors (Lipinski definition) is 8. The van der Waals surface area contributed by atoms with Crippen molar-refractivity contribution >= 4 is 39.5 Å². The summed E-state index contributed by atoms with van der Waals surface area (Å²) in [6.45, 7) is 2.19. The Morgan fingerprint density at radius 3 is 2.51 bits per heavy atom. The van der Waals surface area contributed by atoms with Gasteiger partial charge in [0.15, 0.2) is 0 Å². The van der Waals surface area contributed by atoms with Crippen molar-refractivity contribution in [3.05, 3.63) is 58.5 Å². The van der Waals surface area contributed by atoms with Crippen LogP contribution in [-0.4, -0.2) is 51.2 Å². The molecule has 1 amide bonds. The third-order valence-corrected chi connectivity index (χ3v) is 6.62. The molecule has 2 N–H and O–H groups in total. The predicted octanol–water partition coefficient (Wildman–Crippen LogP) is 3.59. The largest absolute Gasteiger partial charge is 0.466 e. The van der Waals surface area contributed by atoms with Crippen LogP contribution < -0.4 is 14.9 Å². The van der Waals surface area contributed by atoms with Crippen LogP contribution in [0.5, 0.6) is 0 Å². The lowest BCUT2D eigenvalue weighted by Crippen LogP contribution is -2.38. The van der Waals surface area contributed by atoms with Gasteiger partial charge in [-0.2, -0.15) is 18.4 Å². The van der Waals surface area contributed by atoms with Crippen LogP contribution in [0.4, 0.5) is 29.1 Å². The van der Waals surface area contributed by atoms with Crippen molar-refractivity contribution in [2.24, 2.45) is 5.92 Å². The average Bonchev–Trinajstić information content (AvgIpc) is 2.91. The fourth-order valence-electron chi connectivity index (χ4n) is 4.14. The molecule has 1 fully saturated rings. The highest BCUT2D eigenvalue weighted by Crippen LogP contribution is 2.33. The van der Waals surface area contributed by atoms with Gasteiger partial charge in [-0.25, -0.2) is 17.8 Å². The summed E-state index contributed by atoms with van der Waals surface area (Å²) in [4.78, 5) is 29.9. The van der Waals surface area contributed by atoms with Crippen LogP contribution in [0.2, 0.25) is 0 Å². The van der Waals surface area contributed by atoms with E-state index in [1.807, 2.05) is 4.72 Å². The first kappa shape index (κ1) is 31.3. The van der Waals surface area contributed by atoms with E-state index in [9.17, 15) is 40.8 Å². The molecule has 15 heteroatoms. The Labute approximate surface area is 234 Å². The number of alkyl halides is 3. The van der Waals surface area contributed by atoms with Gasteiger partial charge in [0.05, 0.1) is 24.3 Å². The van der Waals surface area contributed by atoms with Gasteiger partial charge in [-0.3, -0.25) is 14.3 Å². The standard InChI is InChI=1S/C26H27F4N5O5S/c1-3-40-25(37)18-8-10-35(11-9-18)24-17(4-6-21(33-24)26(28,29)30)5-7-22(36)32-15-16-12-19(14-31)23(20(27)13-16)34-41(2,38)39/h4-7,12-13,18,34H,3,8-11,15H2,1-2H3,(H,32,36). The third kappa shape index (κ3) is 8.65. The Morgan fingerprint density at radius 1 is 1.24 bits per heavy atom. The molecule has 0 spiro atoms. The normalized spacial score (nSPS) is 14.5. The summed E-state index contributed by atoms with van der Waals surface area (Å²) in [5, 5.41) is 11.7. The second-order valence-electron chi connectivity index (χ2n) is 9.16. The maximum Gasteiger partial charge on any atom is 0.433 e. The predicted molar refractivity (Wildman–Crippen MR) is 141 cm³/mol. The molecule has 1 saturated heterocycles. The number of esters is 1. The van der Waals surface area contributed by atoms with Crippen molar-refractivity contribution in [1.82, 2.24) is 10.3 Å². The van der Waals surface area contributed by atoms with E-state index in [2.05, 4.69) is 10.3 Å². The molecule has 0 radical (unpaired) electrons. The molecular formula is C26H27F4N5O5S. The lowest BCUT2D eigenvalue weighted by Gasteiger charge is -2.33. The Balaban J connectivity index is 1.75. The Hall–Kier alpha value is -4.19. The molecule has 0 unspecified atom stereocenters. The molecule has 0 bridgehead atoms. The van der Waals surface area contributed by atoms with Gasteiger partial charge in [0.1, 0.15) is 29.1 Å². The number of rotatable bonds is 9. The summed E-state index contributed by atoms with van der Waals surface area (Å²) in [6.07, 6.45) is -0.811. The number of anilines is 2. The van der Waals surface area contributed by atoms with Crippen molar-refractivity contribution in [2.75, 3.05) is 35.6 Å². The zero-order valence-electron chi connectivity index (χ0n) is 22.1. The summed E-state index contributed by atoms with van der Waals surface area (Å²) >= 11 is 0. The van der Waals surface area contributed by atoms with E-state index in [0.29, 0.717) is 12.8 Å². The summed E-state index contributed by atoms with van der Waals surface area (Å²) in [5.41, 5.74) is -1.51. The highest BCUT2D eigenvalue weighted by molar-refractivity contribution is 7.92. The zero-order valence-corrected chi connectivity index (χ0v) is 22.9. The van der Waals surface area contributed by atoms with Crippen LogP contribution in [0.25, 0.3) is 6.08 Å². The average molecular weight is 598 g/mol. The van der Waals surface area contributed by atoms with Crippen LogP contribution in [0.15, 0.2) is 30.3 Å². The molecule has 1 aromatic carbocycles. The first-order valence-electron chi connectivity index (χ1n) is 12.4. The molecule has 1 aliphatic rings. The van der Waals surface area contributed by atoms with Crippen LogP contribution in [0.3, 0.4) is 0 Å². The first-order chi connectivity index (χ1) is 19.2. The number of amides is 1. The number of hydrogen-bond donors (Lipinski definition) is 2. The van der Waals surface area contributed by atoms with Crippen molar-refractivity contribution in [3.8, 4) is 6.07 Å². The van der Waals surface area contributed by atoms with Gasteiger partial charge in [-0.05, 0) is 55.7 Å². The fourth-order valence-corrected chi connectivity index (χ4v) is 4.72. The van der Waals surface area contributed by atoms with Crippen LogP contribution >= 0.6 is 0 Å². The SMILES string of the molecule is CCOC(=O)C1CCN(c2nc(C(F)(F)F)ccc2C=CC(=O)NCc2cc(F)c(NS(C)(=O)=O)c(C#N)c2)CC1. The molecule has 220 valence electrons. The molecule has 2 heterocycles. The molecule has 1 aliphatic heterocycles. The van der Waals surface area contributed by atoms with Crippen LogP contribution in [0, 0.1) is 23.1 Å². The topological polar surface area (TPSA) is 141 Å². The van der Waals surface area contributed by atoms with Crippen molar-refractivity contribution in [3.63, 3.8) is 0 Å². The van der Waals surface area contributed by atoms with Gasteiger partial charge in [-0.15, -0.1) is 0 Å². The van der Waals surface area contributed by atoms with E-state index in [4.69, 9.17) is 4.74 Å². The molecule has 2 aromatic rings. The highest BCUT2D eigenvalue weighted by Gasteiger charge is 2.34. The van der Waals surface area contributed by atoms with Crippen molar-refractivity contribution in [2.45, 2.75) is 32.5 Å². The lowest BCUT2D eigenvalue weighted by molar-refractivity contribution is -0.148. The van der Waals surface area contributed by atoms with Gasteiger partial charge in [0, 0.05) is 31.3 Å². The number of halogens is 4. The Bertz CT molecular complexity index is 1480. The van der Waals surface area contributed by atoms with E-state index >= 15 is 0 Å². The van der Waals surface area contributed by atoms with Gasteiger partial charge in [-0.1, -0.05) is 0 Å². The number of nitrogens with one attached hydrogen (secondary N) is 2. The number of nitriles is 1. The lowest BCUT2D eigenvalue weighted by atomic mass is 9.96. The molecule has 41 heavy (non-hydrogen) atoms. The van der Waals surface area contributed by atoms with Crippen LogP contribution in [0.1, 0.15) is 42.1 Å². The maximum absolute atomic E-state index is 14.4. The second kappa shape index (κ2) is 13.0. The number of pyridine rings is 1. The number of carbonyl (C=O) groups excluding carboxylic acids is 2. The second-order valence-corrected chi connectivity index (χ2v) is 10.9. The third-order valence-electron chi connectivity index (χ3n) is 6.05. The summed E-state index contributed by atoms with van der Waals surface area (Å²) in [6, 6.07) is 5.84. The van der Waals surface area contributed by atoms with Gasteiger partial charge >= 0.3 is 12.1 Å². The summed E-state index contributed by atoms with van der Waals surface area (Å²) < 4.78 is 84.4. The number of piperidine rings is 1. The zero-order chi connectivity index (χ0) is 30.4. The summed E-state index contributed by atoms with van der Waals surface area (Å²) in [5.74, 6) is -2.41. The van der Waals surface area contributed by atoms with E-state index in [-0.39, 0.29) is 60.6 Å². The van der Waals surface area contributed by atoms with Crippen molar-refractivity contribution < 1.29 is 40.3 Å². The number of aromatic nitrogens is 1. The summed E-state index contributed by atoms with van der Waals surface area (Å²) in [7, 11) is -3.85. The smallest absolute Gasteiger partial charge is 0.433 e. The van der Waals surface area contributed by atoms with Crippen molar-refractivity contribution in [1.29, 1.82) is 5.26 Å². The first-order valence-corrected chi connectivity index (χ1v) is 14.3. The minimum absolute atomic E-state index is 0.000817. The Kier molecular flexibility index (Phi) is 9.92. The van der Waals surface area contributed by atoms with E-state index in [1.54, 1.807) is 17.9 Å². The molecule has 10 nitrogen and oxygen atoms in total. The van der Waals surface area contributed by atoms with Gasteiger partial charge in [0.2, 0.25) is 15.9 Å². The van der Waals surface area contributed by atoms with Gasteiger partial charge < -0.3 is 15.0 Å². The minimum atomic E-state index is -4.69. The van der Waals surface area contributed by atoms with E-state index < -0.39 is 39.3 Å². The molecule has 0 atom stereocenters. The number of carbonyl (C=O) groups is 2. The van der Waals surface area contributed by atoms with Gasteiger partial charge in [0.25, 0.3) is 0 Å². The molecule has 3 rings (SSSR count). The maximum atomic E-state index is 14.4. The molecule has 0 aliphatic carbocycles. The van der Waals surface area contributed by atoms with E-state index in [1.165, 1.54) is 18.2 Å². The Morgan fingerprint density at radius 2 is 1.93 bits per heavy atom. The number of benzene rings is 1. The molecule has 0 saturated carbocycles. The molecule has 1 aromatic heterocycles. The van der Waals surface area contributed by atoms with Crippen LogP contribution in [-0.2, 0) is 37.1 Å². The minimum Gasteiger partial charge on any atom is -0.466 e. The fraction of sp³-hybridized carbons (Fsp3) is 0.385. The number of nitrogens with zero attached hydrogens (tertiary/aromatic N) is 3. The quantitative estimate of drug-likeness (QED) is 0.254. The number of sulfonamides is 1. The highest BCUT2D eigenvalue weighted by atomic mass is 32.2. The number of ether oxygens (including phenoxy) is 1. The van der Waals surface area contributed by atoms with E-state index in [0.717, 1.165) is 24.5 Å².